The minimum Gasteiger partial charge on any atom is -0.385 e. The number of aryl methyl sites for hydroxylation is 1. The van der Waals surface area contributed by atoms with E-state index in [1.54, 1.807) is 6.92 Å². The lowest BCUT2D eigenvalue weighted by atomic mass is 10.00. The minimum absolute atomic E-state index is 0.188. The smallest absolute Gasteiger partial charge is 0.197 e. The maximum Gasteiger partial charge on any atom is 0.197 e. The highest BCUT2D eigenvalue weighted by molar-refractivity contribution is 5.99. The third kappa shape index (κ3) is 2.44. The molecule has 1 aromatic rings. The van der Waals surface area contributed by atoms with Crippen molar-refractivity contribution in [3.63, 3.8) is 0 Å². The van der Waals surface area contributed by atoms with Crippen molar-refractivity contribution in [3.05, 3.63) is 34.9 Å². The molecule has 1 aromatic carbocycles. The normalized spacial score (nSPS) is 12.6. The lowest BCUT2D eigenvalue weighted by Gasteiger charge is -2.10. The highest BCUT2D eigenvalue weighted by Crippen LogP contribution is 2.19. The largest absolute Gasteiger partial charge is 0.385 e. The van der Waals surface area contributed by atoms with E-state index in [1.165, 1.54) is 13.0 Å². The van der Waals surface area contributed by atoms with E-state index in [-0.39, 0.29) is 12.0 Å². The number of ketones is 1. The van der Waals surface area contributed by atoms with Gasteiger partial charge in [-0.3, -0.25) is 4.79 Å². The predicted octanol–water partition coefficient (Wildman–Crippen LogP) is 2.62. The Morgan fingerprint density at radius 3 is 2.62 bits per heavy atom. The van der Waals surface area contributed by atoms with Crippen molar-refractivity contribution in [2.75, 3.05) is 0 Å². The first-order valence-electron chi connectivity index (χ1n) is 5.16. The molecule has 88 valence electrons. The lowest BCUT2D eigenvalue weighted by molar-refractivity contribution is 0.0720. The van der Waals surface area contributed by atoms with Crippen molar-refractivity contribution in [1.82, 2.24) is 0 Å². The predicted molar refractivity (Wildman–Crippen MR) is 56.3 cm³/mol. The Hall–Kier alpha value is -1.29. The first kappa shape index (κ1) is 12.8. The highest BCUT2D eigenvalue weighted by atomic mass is 19.1. The van der Waals surface area contributed by atoms with Crippen LogP contribution in [0.4, 0.5) is 8.78 Å². The molecule has 1 rings (SSSR count). The Bertz CT molecular complexity index is 402. The van der Waals surface area contributed by atoms with Crippen LogP contribution in [0.25, 0.3) is 0 Å². The molecule has 0 saturated heterocycles. The van der Waals surface area contributed by atoms with E-state index in [0.29, 0.717) is 6.42 Å². The second kappa shape index (κ2) is 5.16. The van der Waals surface area contributed by atoms with E-state index >= 15 is 0 Å². The Labute approximate surface area is 92.9 Å². The van der Waals surface area contributed by atoms with Crippen LogP contribution >= 0.6 is 0 Å². The van der Waals surface area contributed by atoms with Gasteiger partial charge in [0, 0.05) is 0 Å². The molecule has 0 aliphatic rings. The molecule has 1 unspecified atom stereocenters. The average molecular weight is 228 g/mol. The van der Waals surface area contributed by atoms with Crippen LogP contribution in [-0.4, -0.2) is 17.0 Å². The van der Waals surface area contributed by atoms with Gasteiger partial charge in [0.15, 0.2) is 5.78 Å². The summed E-state index contributed by atoms with van der Waals surface area (Å²) in [5.41, 5.74) is -0.450. The summed E-state index contributed by atoms with van der Waals surface area (Å²) >= 11 is 0. The summed E-state index contributed by atoms with van der Waals surface area (Å²) in [6, 6.07) is 2.29. The van der Waals surface area contributed by atoms with E-state index in [0.717, 1.165) is 6.07 Å². The second-order valence-electron chi connectivity index (χ2n) is 3.72. The Morgan fingerprint density at radius 2 is 2.06 bits per heavy atom. The Kier molecular flexibility index (Phi) is 4.12. The number of aliphatic hydroxyl groups is 1. The molecule has 0 spiro atoms. The van der Waals surface area contributed by atoms with Gasteiger partial charge in [-0.15, -0.1) is 0 Å². The molecule has 0 saturated carbocycles. The first-order valence-corrected chi connectivity index (χ1v) is 5.16. The maximum absolute atomic E-state index is 13.5. The van der Waals surface area contributed by atoms with Crippen LogP contribution in [0.15, 0.2) is 12.1 Å². The fraction of sp³-hybridized carbons (Fsp3) is 0.417. The number of Topliss-reactive ketones (excluding diaryl/α,β-unsaturated/α-hetero) is 1. The van der Waals surface area contributed by atoms with Crippen LogP contribution in [0.5, 0.6) is 0 Å². The molecule has 16 heavy (non-hydrogen) atoms. The van der Waals surface area contributed by atoms with Gasteiger partial charge in [-0.2, -0.15) is 0 Å². The molecule has 0 fully saturated rings. The fourth-order valence-corrected chi connectivity index (χ4v) is 1.45. The van der Waals surface area contributed by atoms with Crippen LogP contribution in [0.1, 0.15) is 35.7 Å². The van der Waals surface area contributed by atoms with Crippen LogP contribution in [0.3, 0.4) is 0 Å². The summed E-state index contributed by atoms with van der Waals surface area (Å²) in [4.78, 5) is 11.6. The Morgan fingerprint density at radius 1 is 1.44 bits per heavy atom. The third-order valence-corrected chi connectivity index (χ3v) is 2.40. The molecule has 0 radical (unpaired) electrons. The van der Waals surface area contributed by atoms with E-state index < -0.39 is 29.1 Å². The van der Waals surface area contributed by atoms with Crippen LogP contribution in [0.2, 0.25) is 0 Å². The molecule has 1 N–H and O–H groups in total. The van der Waals surface area contributed by atoms with Gasteiger partial charge in [-0.25, -0.2) is 8.78 Å². The van der Waals surface area contributed by atoms with Crippen molar-refractivity contribution in [2.45, 2.75) is 32.8 Å². The molecular weight excluding hydrogens is 214 g/mol. The zero-order valence-corrected chi connectivity index (χ0v) is 9.26. The molecular formula is C12H14F2O2. The average Bonchev–Trinajstić information content (AvgIpc) is 2.24. The van der Waals surface area contributed by atoms with E-state index in [4.69, 9.17) is 0 Å². The summed E-state index contributed by atoms with van der Waals surface area (Å²) < 4.78 is 26.9. The monoisotopic (exact) mass is 228 g/mol. The lowest BCUT2D eigenvalue weighted by Crippen LogP contribution is -2.23. The van der Waals surface area contributed by atoms with E-state index in [2.05, 4.69) is 0 Å². The zero-order chi connectivity index (χ0) is 12.3. The van der Waals surface area contributed by atoms with E-state index in [1.807, 2.05) is 0 Å². The summed E-state index contributed by atoms with van der Waals surface area (Å²) in [6.07, 6.45) is -0.566. The first-order chi connectivity index (χ1) is 7.49. The summed E-state index contributed by atoms with van der Waals surface area (Å²) in [5, 5.41) is 9.43. The fourth-order valence-electron chi connectivity index (χ4n) is 1.45. The SMILES string of the molecule is CCCC(O)C(=O)c1c(F)ccc(C)c1F. The second-order valence-corrected chi connectivity index (χ2v) is 3.72. The molecule has 0 aromatic heterocycles. The molecule has 0 aliphatic carbocycles. The van der Waals surface area contributed by atoms with Crippen molar-refractivity contribution < 1.29 is 18.7 Å². The summed E-state index contributed by atoms with van der Waals surface area (Å²) in [6.45, 7) is 3.22. The van der Waals surface area contributed by atoms with Gasteiger partial charge >= 0.3 is 0 Å². The van der Waals surface area contributed by atoms with Crippen LogP contribution in [-0.2, 0) is 0 Å². The number of rotatable bonds is 4. The number of hydrogen-bond acceptors (Lipinski definition) is 2. The van der Waals surface area contributed by atoms with Gasteiger partial charge in [0.1, 0.15) is 17.7 Å². The summed E-state index contributed by atoms with van der Waals surface area (Å²) in [7, 11) is 0. The molecule has 4 heteroatoms. The van der Waals surface area contributed by atoms with E-state index in [9.17, 15) is 18.7 Å². The molecule has 1 atom stereocenters. The molecule has 2 nitrogen and oxygen atoms in total. The molecule has 0 amide bonds. The van der Waals surface area contributed by atoms with Gasteiger partial charge in [0.25, 0.3) is 0 Å². The van der Waals surface area contributed by atoms with Gasteiger partial charge < -0.3 is 5.11 Å². The number of carbonyl (C=O) groups excluding carboxylic acids is 1. The van der Waals surface area contributed by atoms with Gasteiger partial charge in [0.2, 0.25) is 0 Å². The van der Waals surface area contributed by atoms with Gasteiger partial charge in [-0.1, -0.05) is 19.4 Å². The number of benzene rings is 1. The zero-order valence-electron chi connectivity index (χ0n) is 9.26. The van der Waals surface area contributed by atoms with Crippen molar-refractivity contribution >= 4 is 5.78 Å². The highest BCUT2D eigenvalue weighted by Gasteiger charge is 2.24. The minimum atomic E-state index is -1.34. The number of aliphatic hydroxyl groups excluding tert-OH is 1. The topological polar surface area (TPSA) is 37.3 Å². The third-order valence-electron chi connectivity index (χ3n) is 2.40. The van der Waals surface area contributed by atoms with Crippen LogP contribution in [0, 0.1) is 18.6 Å². The van der Waals surface area contributed by atoms with Crippen LogP contribution < -0.4 is 0 Å². The van der Waals surface area contributed by atoms with Crippen molar-refractivity contribution in [3.8, 4) is 0 Å². The Balaban J connectivity index is 3.12. The van der Waals surface area contributed by atoms with Crippen molar-refractivity contribution in [2.24, 2.45) is 0 Å². The maximum atomic E-state index is 13.5. The standard InChI is InChI=1S/C12H14F2O2/c1-3-4-9(15)12(16)10-8(13)6-5-7(2)11(10)14/h5-6,9,15H,3-4H2,1-2H3. The molecule has 0 heterocycles. The summed E-state index contributed by atoms with van der Waals surface area (Å²) in [5.74, 6) is -2.70. The van der Waals surface area contributed by atoms with Gasteiger partial charge in [-0.05, 0) is 25.0 Å². The molecule has 0 aliphatic heterocycles. The quantitative estimate of drug-likeness (QED) is 0.804. The van der Waals surface area contributed by atoms with Gasteiger partial charge in [0.05, 0.1) is 5.56 Å². The number of halogens is 2. The number of carbonyl (C=O) groups is 1. The number of hydrogen-bond donors (Lipinski definition) is 1. The van der Waals surface area contributed by atoms with Crippen molar-refractivity contribution in [1.29, 1.82) is 0 Å². The molecule has 0 bridgehead atoms.